The van der Waals surface area contributed by atoms with Crippen molar-refractivity contribution >= 4 is 34.5 Å². The Morgan fingerprint density at radius 3 is 2.35 bits per heavy atom. The topological polar surface area (TPSA) is 12.0 Å². The number of hydrogen-bond acceptors (Lipinski definition) is 2. The minimum atomic E-state index is 0.266. The minimum Gasteiger partial charge on any atom is -0.309 e. The molecule has 20 heavy (non-hydrogen) atoms. The molecule has 2 aromatic rings. The lowest BCUT2D eigenvalue weighted by atomic mass is 10.0. The zero-order valence-corrected chi connectivity index (χ0v) is 14.1. The van der Waals surface area contributed by atoms with Crippen molar-refractivity contribution in [3.8, 4) is 0 Å². The summed E-state index contributed by atoms with van der Waals surface area (Å²) in [5.74, 6) is 0. The van der Waals surface area contributed by atoms with Crippen molar-refractivity contribution in [2.45, 2.75) is 32.7 Å². The van der Waals surface area contributed by atoms with Crippen LogP contribution in [0.5, 0.6) is 0 Å². The first-order chi connectivity index (χ1) is 9.65. The molecule has 108 valence electrons. The third-order valence-electron chi connectivity index (χ3n) is 3.29. The zero-order chi connectivity index (χ0) is 14.5. The number of thiophene rings is 1. The fraction of sp³-hybridized carbons (Fsp3) is 0.375. The van der Waals surface area contributed by atoms with Crippen LogP contribution in [-0.4, -0.2) is 6.54 Å². The summed E-state index contributed by atoms with van der Waals surface area (Å²) in [6, 6.07) is 10.4. The highest BCUT2D eigenvalue weighted by atomic mass is 35.5. The summed E-state index contributed by atoms with van der Waals surface area (Å²) >= 11 is 14.4. The van der Waals surface area contributed by atoms with Gasteiger partial charge < -0.3 is 5.32 Å². The Bertz CT molecular complexity index is 545. The Labute approximate surface area is 134 Å². The molecule has 0 fully saturated rings. The predicted octanol–water partition coefficient (Wildman–Crippen LogP) is 5.51. The molecule has 1 nitrogen and oxygen atoms in total. The van der Waals surface area contributed by atoms with Crippen molar-refractivity contribution in [3.05, 3.63) is 55.7 Å². The summed E-state index contributed by atoms with van der Waals surface area (Å²) in [5, 5.41) is 5.02. The lowest BCUT2D eigenvalue weighted by Crippen LogP contribution is -2.22. The third kappa shape index (κ3) is 3.76. The van der Waals surface area contributed by atoms with Gasteiger partial charge in [-0.15, -0.1) is 11.3 Å². The summed E-state index contributed by atoms with van der Waals surface area (Å²) in [4.78, 5) is 2.76. The van der Waals surface area contributed by atoms with Crippen LogP contribution in [-0.2, 0) is 12.8 Å². The molecule has 0 bridgehead atoms. The summed E-state index contributed by atoms with van der Waals surface area (Å²) in [7, 11) is 0. The normalized spacial score (nSPS) is 12.6. The smallest absolute Gasteiger partial charge is 0.0456 e. The molecule has 0 saturated heterocycles. The van der Waals surface area contributed by atoms with Crippen LogP contribution in [0.1, 0.15) is 35.2 Å². The molecular formula is C16H19Cl2NS. The van der Waals surface area contributed by atoms with Gasteiger partial charge in [0.2, 0.25) is 0 Å². The number of aryl methyl sites for hydroxylation is 1. The molecule has 0 aliphatic carbocycles. The Kier molecular flexibility index (Phi) is 5.91. The first-order valence-electron chi connectivity index (χ1n) is 6.90. The molecule has 0 saturated carbocycles. The van der Waals surface area contributed by atoms with Gasteiger partial charge in [-0.05, 0) is 49.2 Å². The quantitative estimate of drug-likeness (QED) is 0.737. The van der Waals surface area contributed by atoms with E-state index in [1.54, 1.807) is 0 Å². The van der Waals surface area contributed by atoms with Gasteiger partial charge in [-0.1, -0.05) is 43.1 Å². The van der Waals surface area contributed by atoms with Gasteiger partial charge in [-0.3, -0.25) is 0 Å². The van der Waals surface area contributed by atoms with E-state index in [-0.39, 0.29) is 6.04 Å². The van der Waals surface area contributed by atoms with Gasteiger partial charge in [-0.25, -0.2) is 0 Å². The maximum Gasteiger partial charge on any atom is 0.0456 e. The van der Waals surface area contributed by atoms with Crippen LogP contribution >= 0.6 is 34.5 Å². The zero-order valence-electron chi connectivity index (χ0n) is 11.7. The highest BCUT2D eigenvalue weighted by Gasteiger charge is 2.17. The second kappa shape index (κ2) is 7.46. The maximum atomic E-state index is 6.28. The van der Waals surface area contributed by atoms with Crippen molar-refractivity contribution in [1.82, 2.24) is 5.32 Å². The van der Waals surface area contributed by atoms with Crippen molar-refractivity contribution in [2.24, 2.45) is 0 Å². The van der Waals surface area contributed by atoms with Gasteiger partial charge in [0.15, 0.2) is 0 Å². The van der Waals surface area contributed by atoms with Gasteiger partial charge >= 0.3 is 0 Å². The summed E-state index contributed by atoms with van der Waals surface area (Å²) < 4.78 is 0. The first-order valence-corrected chi connectivity index (χ1v) is 8.47. The number of rotatable bonds is 6. The van der Waals surface area contributed by atoms with E-state index in [0.29, 0.717) is 0 Å². The van der Waals surface area contributed by atoms with Crippen LogP contribution in [0.3, 0.4) is 0 Å². The molecule has 1 unspecified atom stereocenters. The van der Waals surface area contributed by atoms with E-state index in [0.717, 1.165) is 35.0 Å². The molecule has 0 spiro atoms. The largest absolute Gasteiger partial charge is 0.309 e. The van der Waals surface area contributed by atoms with E-state index < -0.39 is 0 Å². The van der Waals surface area contributed by atoms with Gasteiger partial charge in [0.1, 0.15) is 0 Å². The highest BCUT2D eigenvalue weighted by molar-refractivity contribution is 7.12. The van der Waals surface area contributed by atoms with Crippen molar-refractivity contribution < 1.29 is 0 Å². The molecule has 1 heterocycles. The number of likely N-dealkylation sites (N-methyl/N-ethyl adjacent to an activating group) is 1. The molecular weight excluding hydrogens is 309 g/mol. The number of hydrogen-bond donors (Lipinski definition) is 1. The molecule has 0 amide bonds. The Morgan fingerprint density at radius 1 is 1.10 bits per heavy atom. The molecule has 1 aromatic heterocycles. The van der Waals surface area contributed by atoms with Crippen LogP contribution in [0, 0.1) is 0 Å². The molecule has 1 atom stereocenters. The number of halogens is 2. The highest BCUT2D eigenvalue weighted by Crippen LogP contribution is 2.32. The van der Waals surface area contributed by atoms with Crippen LogP contribution in [0.2, 0.25) is 10.0 Å². The monoisotopic (exact) mass is 327 g/mol. The van der Waals surface area contributed by atoms with Gasteiger partial charge in [0.05, 0.1) is 0 Å². The maximum absolute atomic E-state index is 6.28. The SMILES string of the molecule is CCNC(Cc1c(Cl)cccc1Cl)c1ccc(CC)s1. The van der Waals surface area contributed by atoms with E-state index >= 15 is 0 Å². The van der Waals surface area contributed by atoms with Crippen molar-refractivity contribution in [2.75, 3.05) is 6.54 Å². The molecule has 1 aromatic carbocycles. The minimum absolute atomic E-state index is 0.266. The lowest BCUT2D eigenvalue weighted by molar-refractivity contribution is 0.558. The second-order valence-electron chi connectivity index (χ2n) is 4.67. The molecule has 4 heteroatoms. The van der Waals surface area contributed by atoms with E-state index in [4.69, 9.17) is 23.2 Å². The van der Waals surface area contributed by atoms with E-state index in [9.17, 15) is 0 Å². The van der Waals surface area contributed by atoms with E-state index in [1.165, 1.54) is 9.75 Å². The second-order valence-corrected chi connectivity index (χ2v) is 6.69. The summed E-state index contributed by atoms with van der Waals surface area (Å²) in [6.07, 6.45) is 1.90. The first kappa shape index (κ1) is 15.8. The fourth-order valence-electron chi connectivity index (χ4n) is 2.22. The number of nitrogens with one attached hydrogen (secondary N) is 1. The third-order valence-corrected chi connectivity index (χ3v) is 5.35. The van der Waals surface area contributed by atoms with Crippen molar-refractivity contribution in [1.29, 1.82) is 0 Å². The molecule has 0 aliphatic rings. The van der Waals surface area contributed by atoms with Crippen LogP contribution in [0.25, 0.3) is 0 Å². The molecule has 0 aliphatic heterocycles. The average molecular weight is 328 g/mol. The lowest BCUT2D eigenvalue weighted by Gasteiger charge is -2.18. The number of benzene rings is 1. The predicted molar refractivity (Wildman–Crippen MR) is 90.3 cm³/mol. The van der Waals surface area contributed by atoms with Crippen LogP contribution in [0.15, 0.2) is 30.3 Å². The standard InChI is InChI=1S/C16H19Cl2NS/c1-3-11-8-9-16(20-11)15(19-4-2)10-12-13(17)6-5-7-14(12)18/h5-9,15,19H,3-4,10H2,1-2H3. The van der Waals surface area contributed by atoms with Gasteiger partial charge in [0, 0.05) is 25.8 Å². The van der Waals surface area contributed by atoms with Crippen LogP contribution in [0.4, 0.5) is 0 Å². The Morgan fingerprint density at radius 2 is 1.80 bits per heavy atom. The van der Waals surface area contributed by atoms with E-state index in [1.807, 2.05) is 29.5 Å². The Hall–Kier alpha value is -0.540. The average Bonchev–Trinajstić information content (AvgIpc) is 2.90. The van der Waals surface area contributed by atoms with Gasteiger partial charge in [0.25, 0.3) is 0 Å². The van der Waals surface area contributed by atoms with Gasteiger partial charge in [-0.2, -0.15) is 0 Å². The summed E-state index contributed by atoms with van der Waals surface area (Å²) in [6.45, 7) is 5.23. The molecule has 0 radical (unpaired) electrons. The van der Waals surface area contributed by atoms with Crippen molar-refractivity contribution in [3.63, 3.8) is 0 Å². The molecule has 2 rings (SSSR count). The fourth-order valence-corrected chi connectivity index (χ4v) is 3.80. The van der Waals surface area contributed by atoms with Crippen LogP contribution < -0.4 is 5.32 Å². The molecule has 1 N–H and O–H groups in total. The van der Waals surface area contributed by atoms with E-state index in [2.05, 4.69) is 31.3 Å². The Balaban J connectivity index is 2.25. The summed E-state index contributed by atoms with van der Waals surface area (Å²) in [5.41, 5.74) is 1.02.